The summed E-state index contributed by atoms with van der Waals surface area (Å²) in [4.78, 5) is 40.9. The third kappa shape index (κ3) is 2.58. The second-order valence-electron chi connectivity index (χ2n) is 4.72. The molecule has 1 aliphatic heterocycles. The second kappa shape index (κ2) is 5.61. The number of rotatable bonds is 3. The van der Waals surface area contributed by atoms with Gasteiger partial charge in [0.2, 0.25) is 0 Å². The fourth-order valence-electron chi connectivity index (χ4n) is 2.15. The van der Waals surface area contributed by atoms with Gasteiger partial charge in [-0.2, -0.15) is 0 Å². The molecule has 22 heavy (non-hydrogen) atoms. The molecule has 0 atom stereocenters. The number of carbonyl (C=O) groups is 3. The Bertz CT molecular complexity index is 735. The molecule has 0 aromatic heterocycles. The highest BCUT2D eigenvalue weighted by molar-refractivity contribution is 6.30. The molecule has 0 aliphatic carbocycles. The minimum absolute atomic E-state index is 0.0649. The standard InChI is InChI=1S/C16H10ClNO4/c17-11-7-5-10(6-8-11)9-14(19)22-18-15(20)12-3-1-2-4-13(12)16(18)21/h1-8H,9H2. The summed E-state index contributed by atoms with van der Waals surface area (Å²) in [5.74, 6) is -1.97. The van der Waals surface area contributed by atoms with E-state index in [-0.39, 0.29) is 17.5 Å². The zero-order valence-electron chi connectivity index (χ0n) is 11.3. The van der Waals surface area contributed by atoms with Crippen LogP contribution in [0.3, 0.4) is 0 Å². The van der Waals surface area contributed by atoms with Crippen LogP contribution in [0.4, 0.5) is 0 Å². The lowest BCUT2D eigenvalue weighted by Crippen LogP contribution is -2.33. The number of benzene rings is 2. The minimum Gasteiger partial charge on any atom is -0.329 e. The average molecular weight is 316 g/mol. The monoisotopic (exact) mass is 315 g/mol. The normalized spacial score (nSPS) is 13.2. The van der Waals surface area contributed by atoms with E-state index in [1.54, 1.807) is 36.4 Å². The van der Waals surface area contributed by atoms with Gasteiger partial charge < -0.3 is 4.84 Å². The van der Waals surface area contributed by atoms with Crippen LogP contribution in [-0.2, 0) is 16.1 Å². The molecule has 0 radical (unpaired) electrons. The molecule has 0 unspecified atom stereocenters. The van der Waals surface area contributed by atoms with Crippen LogP contribution in [0, 0.1) is 0 Å². The molecular weight excluding hydrogens is 306 g/mol. The summed E-state index contributed by atoms with van der Waals surface area (Å²) >= 11 is 5.76. The molecule has 0 spiro atoms. The van der Waals surface area contributed by atoms with E-state index in [1.807, 2.05) is 0 Å². The molecule has 6 heteroatoms. The van der Waals surface area contributed by atoms with Crippen LogP contribution in [0.25, 0.3) is 0 Å². The van der Waals surface area contributed by atoms with E-state index in [4.69, 9.17) is 16.4 Å². The predicted molar refractivity (Wildman–Crippen MR) is 78.2 cm³/mol. The van der Waals surface area contributed by atoms with Gasteiger partial charge in [0.15, 0.2) is 0 Å². The fourth-order valence-corrected chi connectivity index (χ4v) is 2.28. The number of halogens is 1. The summed E-state index contributed by atoms with van der Waals surface area (Å²) < 4.78 is 0. The number of amides is 2. The minimum atomic E-state index is -0.697. The van der Waals surface area contributed by atoms with E-state index in [0.29, 0.717) is 15.6 Å². The fraction of sp³-hybridized carbons (Fsp3) is 0.0625. The number of nitrogens with zero attached hydrogens (tertiary/aromatic N) is 1. The Labute approximate surface area is 131 Å². The van der Waals surface area contributed by atoms with Crippen LogP contribution < -0.4 is 0 Å². The van der Waals surface area contributed by atoms with Gasteiger partial charge in [-0.15, -0.1) is 0 Å². The number of fused-ring (bicyclic) bond motifs is 1. The molecule has 0 saturated heterocycles. The Balaban J connectivity index is 1.71. The average Bonchev–Trinajstić information content (AvgIpc) is 2.75. The number of imide groups is 1. The Morgan fingerprint density at radius 3 is 2.05 bits per heavy atom. The quantitative estimate of drug-likeness (QED) is 0.817. The van der Waals surface area contributed by atoms with Crippen molar-refractivity contribution in [3.05, 3.63) is 70.2 Å². The molecule has 1 heterocycles. The Morgan fingerprint density at radius 2 is 1.50 bits per heavy atom. The lowest BCUT2D eigenvalue weighted by atomic mass is 10.1. The van der Waals surface area contributed by atoms with Gasteiger partial charge in [-0.3, -0.25) is 9.59 Å². The summed E-state index contributed by atoms with van der Waals surface area (Å²) in [6.07, 6.45) is -0.0649. The Morgan fingerprint density at radius 1 is 0.955 bits per heavy atom. The van der Waals surface area contributed by atoms with Crippen molar-refractivity contribution in [2.45, 2.75) is 6.42 Å². The maximum atomic E-state index is 12.1. The van der Waals surface area contributed by atoms with Crippen LogP contribution in [0.1, 0.15) is 26.3 Å². The molecule has 110 valence electrons. The summed E-state index contributed by atoms with van der Waals surface area (Å²) in [6, 6.07) is 13.0. The maximum absolute atomic E-state index is 12.1. The van der Waals surface area contributed by atoms with Gasteiger partial charge in [-0.1, -0.05) is 40.9 Å². The van der Waals surface area contributed by atoms with Crippen LogP contribution in [0.15, 0.2) is 48.5 Å². The topological polar surface area (TPSA) is 63.7 Å². The van der Waals surface area contributed by atoms with Crippen molar-refractivity contribution in [1.29, 1.82) is 0 Å². The van der Waals surface area contributed by atoms with Crippen LogP contribution in [0.5, 0.6) is 0 Å². The van der Waals surface area contributed by atoms with E-state index < -0.39 is 17.8 Å². The van der Waals surface area contributed by atoms with Gasteiger partial charge in [0.05, 0.1) is 17.5 Å². The molecule has 3 rings (SSSR count). The van der Waals surface area contributed by atoms with Gasteiger partial charge in [0, 0.05) is 5.02 Å². The van der Waals surface area contributed by atoms with Gasteiger partial charge >= 0.3 is 5.97 Å². The molecule has 2 amide bonds. The molecule has 2 aromatic carbocycles. The molecule has 0 bridgehead atoms. The number of hydroxylamine groups is 2. The molecule has 0 saturated carbocycles. The zero-order chi connectivity index (χ0) is 15.7. The van der Waals surface area contributed by atoms with Crippen LogP contribution in [-0.4, -0.2) is 22.8 Å². The maximum Gasteiger partial charge on any atom is 0.337 e. The molecule has 0 N–H and O–H groups in total. The first-order chi connectivity index (χ1) is 10.6. The van der Waals surface area contributed by atoms with E-state index in [0.717, 1.165) is 0 Å². The van der Waals surface area contributed by atoms with E-state index >= 15 is 0 Å². The Hall–Kier alpha value is -2.66. The summed E-state index contributed by atoms with van der Waals surface area (Å²) in [5.41, 5.74) is 1.13. The van der Waals surface area contributed by atoms with E-state index in [1.165, 1.54) is 12.1 Å². The summed E-state index contributed by atoms with van der Waals surface area (Å²) in [6.45, 7) is 0. The first-order valence-corrected chi connectivity index (χ1v) is 6.87. The smallest absolute Gasteiger partial charge is 0.329 e. The lowest BCUT2D eigenvalue weighted by molar-refractivity contribution is -0.167. The van der Waals surface area contributed by atoms with Crippen molar-refractivity contribution in [2.75, 3.05) is 0 Å². The number of hydrogen-bond donors (Lipinski definition) is 0. The van der Waals surface area contributed by atoms with Gasteiger partial charge in [0.1, 0.15) is 0 Å². The largest absolute Gasteiger partial charge is 0.337 e. The molecule has 0 fully saturated rings. The van der Waals surface area contributed by atoms with Crippen molar-refractivity contribution in [2.24, 2.45) is 0 Å². The summed E-state index contributed by atoms with van der Waals surface area (Å²) in [5, 5.41) is 1.06. The molecule has 1 aliphatic rings. The van der Waals surface area contributed by atoms with Gasteiger partial charge in [-0.25, -0.2) is 4.79 Å². The third-order valence-electron chi connectivity index (χ3n) is 3.21. The highest BCUT2D eigenvalue weighted by Gasteiger charge is 2.38. The zero-order valence-corrected chi connectivity index (χ0v) is 12.0. The van der Waals surface area contributed by atoms with Gasteiger partial charge in [-0.05, 0) is 29.8 Å². The molecular formula is C16H10ClNO4. The lowest BCUT2D eigenvalue weighted by Gasteiger charge is -2.12. The van der Waals surface area contributed by atoms with Crippen molar-refractivity contribution in [3.8, 4) is 0 Å². The van der Waals surface area contributed by atoms with E-state index in [9.17, 15) is 14.4 Å². The SMILES string of the molecule is O=C(Cc1ccc(Cl)cc1)ON1C(=O)c2ccccc2C1=O. The molecule has 5 nitrogen and oxygen atoms in total. The third-order valence-corrected chi connectivity index (χ3v) is 3.46. The van der Waals surface area contributed by atoms with Gasteiger partial charge in [0.25, 0.3) is 11.8 Å². The highest BCUT2D eigenvalue weighted by Crippen LogP contribution is 2.23. The number of carbonyl (C=O) groups excluding carboxylic acids is 3. The summed E-state index contributed by atoms with van der Waals surface area (Å²) in [7, 11) is 0. The van der Waals surface area contributed by atoms with Crippen molar-refractivity contribution in [1.82, 2.24) is 5.06 Å². The first-order valence-electron chi connectivity index (χ1n) is 6.49. The highest BCUT2D eigenvalue weighted by atomic mass is 35.5. The molecule has 2 aromatic rings. The predicted octanol–water partition coefficient (Wildman–Crippen LogP) is 2.64. The van der Waals surface area contributed by atoms with Crippen molar-refractivity contribution >= 4 is 29.4 Å². The Kier molecular flexibility index (Phi) is 3.65. The van der Waals surface area contributed by atoms with Crippen molar-refractivity contribution < 1.29 is 19.2 Å². The first kappa shape index (κ1) is 14.3. The van der Waals surface area contributed by atoms with Crippen LogP contribution in [0.2, 0.25) is 5.02 Å². The van der Waals surface area contributed by atoms with Crippen LogP contribution >= 0.6 is 11.6 Å². The number of hydrogen-bond acceptors (Lipinski definition) is 4. The second-order valence-corrected chi connectivity index (χ2v) is 5.15. The van der Waals surface area contributed by atoms with E-state index in [2.05, 4.69) is 0 Å². The van der Waals surface area contributed by atoms with Crippen molar-refractivity contribution in [3.63, 3.8) is 0 Å².